The van der Waals surface area contributed by atoms with E-state index in [0.717, 1.165) is 35.4 Å². The summed E-state index contributed by atoms with van der Waals surface area (Å²) in [6, 6.07) is 5.84. The first-order valence-corrected chi connectivity index (χ1v) is 8.26. The van der Waals surface area contributed by atoms with E-state index in [0.29, 0.717) is 25.3 Å². The van der Waals surface area contributed by atoms with Crippen molar-refractivity contribution in [3.8, 4) is 0 Å². The normalized spacial score (nSPS) is 11.0. The molecule has 23 heavy (non-hydrogen) atoms. The maximum Gasteiger partial charge on any atom is 0.303 e. The topological polar surface area (TPSA) is 76.4 Å². The molecule has 0 aliphatic carbocycles. The second-order valence-electron chi connectivity index (χ2n) is 5.38. The van der Waals surface area contributed by atoms with Crippen LogP contribution in [0, 0.1) is 0 Å². The Labute approximate surface area is 140 Å². The second kappa shape index (κ2) is 8.74. The van der Waals surface area contributed by atoms with Gasteiger partial charge < -0.3 is 9.67 Å². The van der Waals surface area contributed by atoms with Crippen LogP contribution in [0.15, 0.2) is 18.2 Å². The number of benzene rings is 1. The SMILES string of the molecule is Cn1c(CCCC(=O)O)nc2cc(NOCCCCCl)ccc21. The maximum absolute atomic E-state index is 10.6. The average molecular weight is 340 g/mol. The van der Waals surface area contributed by atoms with Gasteiger partial charge >= 0.3 is 5.97 Å². The molecule has 0 bridgehead atoms. The van der Waals surface area contributed by atoms with Crippen molar-refractivity contribution in [2.45, 2.75) is 32.1 Å². The number of anilines is 1. The molecule has 1 aromatic heterocycles. The number of nitrogens with one attached hydrogen (secondary N) is 1. The molecule has 0 aliphatic rings. The standard InChI is InChI=1S/C16H22ClN3O3/c1-20-14-8-7-12(19-23-10-3-2-9-17)11-13(14)18-15(20)5-4-6-16(21)22/h7-8,11,19H,2-6,9-10H2,1H3,(H,21,22). The van der Waals surface area contributed by atoms with E-state index < -0.39 is 5.97 Å². The Kier molecular flexibility index (Phi) is 6.67. The molecule has 1 aromatic carbocycles. The van der Waals surface area contributed by atoms with E-state index in [1.165, 1.54) is 0 Å². The van der Waals surface area contributed by atoms with Crippen LogP contribution in [0.4, 0.5) is 5.69 Å². The predicted octanol–water partition coefficient (Wildman–Crippen LogP) is 3.34. The first kappa shape index (κ1) is 17.6. The molecule has 7 heteroatoms. The number of hydrogen-bond donors (Lipinski definition) is 2. The van der Waals surface area contributed by atoms with Crippen LogP contribution in [0.1, 0.15) is 31.5 Å². The lowest BCUT2D eigenvalue weighted by atomic mass is 10.2. The highest BCUT2D eigenvalue weighted by atomic mass is 35.5. The van der Waals surface area contributed by atoms with Crippen molar-refractivity contribution in [1.82, 2.24) is 9.55 Å². The lowest BCUT2D eigenvalue weighted by Gasteiger charge is -2.06. The molecule has 2 N–H and O–H groups in total. The zero-order valence-electron chi connectivity index (χ0n) is 13.2. The molecule has 0 saturated heterocycles. The molecule has 0 atom stereocenters. The molecule has 2 aromatic rings. The number of rotatable bonds is 10. The van der Waals surface area contributed by atoms with Crippen molar-refractivity contribution in [3.05, 3.63) is 24.0 Å². The first-order valence-electron chi connectivity index (χ1n) is 7.72. The maximum atomic E-state index is 10.6. The summed E-state index contributed by atoms with van der Waals surface area (Å²) < 4.78 is 2.00. The van der Waals surface area contributed by atoms with Crippen LogP contribution in [0.5, 0.6) is 0 Å². The number of hydrogen-bond acceptors (Lipinski definition) is 4. The number of carboxylic acids is 1. The first-order chi connectivity index (χ1) is 11.1. The van der Waals surface area contributed by atoms with Crippen molar-refractivity contribution in [2.75, 3.05) is 18.0 Å². The van der Waals surface area contributed by atoms with Gasteiger partial charge in [-0.25, -0.2) is 4.98 Å². The Morgan fingerprint density at radius 2 is 2.22 bits per heavy atom. The summed E-state index contributed by atoms with van der Waals surface area (Å²) in [7, 11) is 1.95. The Hall–Kier alpha value is -1.79. The van der Waals surface area contributed by atoms with Gasteiger partial charge in [-0.1, -0.05) is 0 Å². The van der Waals surface area contributed by atoms with E-state index in [1.807, 2.05) is 29.8 Å². The van der Waals surface area contributed by atoms with Gasteiger partial charge in [0, 0.05) is 25.8 Å². The van der Waals surface area contributed by atoms with Gasteiger partial charge in [0.25, 0.3) is 0 Å². The lowest BCUT2D eigenvalue weighted by molar-refractivity contribution is -0.137. The van der Waals surface area contributed by atoms with E-state index in [1.54, 1.807) is 0 Å². The Morgan fingerprint density at radius 3 is 2.96 bits per heavy atom. The number of unbranched alkanes of at least 4 members (excludes halogenated alkanes) is 1. The number of carboxylic acid groups (broad SMARTS) is 1. The van der Waals surface area contributed by atoms with E-state index in [4.69, 9.17) is 21.5 Å². The van der Waals surface area contributed by atoms with E-state index >= 15 is 0 Å². The number of aromatic nitrogens is 2. The number of aliphatic carboxylic acids is 1. The van der Waals surface area contributed by atoms with Gasteiger partial charge in [-0.2, -0.15) is 0 Å². The van der Waals surface area contributed by atoms with Crippen molar-refractivity contribution < 1.29 is 14.7 Å². The fourth-order valence-corrected chi connectivity index (χ4v) is 2.53. The van der Waals surface area contributed by atoms with Crippen LogP contribution < -0.4 is 5.48 Å². The molecular formula is C16H22ClN3O3. The number of carbonyl (C=O) groups is 1. The summed E-state index contributed by atoms with van der Waals surface area (Å²) in [6.07, 6.45) is 3.24. The zero-order chi connectivity index (χ0) is 16.7. The molecule has 0 fully saturated rings. The third kappa shape index (κ3) is 5.11. The van der Waals surface area contributed by atoms with Crippen LogP contribution in [0.25, 0.3) is 11.0 Å². The van der Waals surface area contributed by atoms with Crippen LogP contribution in [-0.4, -0.2) is 33.1 Å². The van der Waals surface area contributed by atoms with Gasteiger partial charge in [0.1, 0.15) is 5.82 Å². The minimum Gasteiger partial charge on any atom is -0.481 e. The van der Waals surface area contributed by atoms with Crippen LogP contribution >= 0.6 is 11.6 Å². The fourth-order valence-electron chi connectivity index (χ4n) is 2.34. The van der Waals surface area contributed by atoms with Gasteiger partial charge in [-0.3, -0.25) is 15.1 Å². The third-order valence-electron chi connectivity index (χ3n) is 3.58. The zero-order valence-corrected chi connectivity index (χ0v) is 14.0. The van der Waals surface area contributed by atoms with E-state index in [-0.39, 0.29) is 6.42 Å². The lowest BCUT2D eigenvalue weighted by Crippen LogP contribution is -2.03. The molecular weight excluding hydrogens is 318 g/mol. The molecule has 2 rings (SSSR count). The summed E-state index contributed by atoms with van der Waals surface area (Å²) in [5, 5.41) is 8.72. The third-order valence-corrected chi connectivity index (χ3v) is 3.85. The highest BCUT2D eigenvalue weighted by molar-refractivity contribution is 6.17. The smallest absolute Gasteiger partial charge is 0.303 e. The van der Waals surface area contributed by atoms with Crippen molar-refractivity contribution >= 4 is 34.3 Å². The van der Waals surface area contributed by atoms with E-state index in [2.05, 4.69) is 10.5 Å². The molecule has 0 aliphatic heterocycles. The monoisotopic (exact) mass is 339 g/mol. The summed E-state index contributed by atoms with van der Waals surface area (Å²) in [5.74, 6) is 0.761. The molecule has 6 nitrogen and oxygen atoms in total. The Balaban J connectivity index is 1.97. The van der Waals surface area contributed by atoms with Gasteiger partial charge in [0.05, 0.1) is 23.3 Å². The van der Waals surface area contributed by atoms with Crippen molar-refractivity contribution in [1.29, 1.82) is 0 Å². The number of fused-ring (bicyclic) bond motifs is 1. The highest BCUT2D eigenvalue weighted by Gasteiger charge is 2.09. The second-order valence-corrected chi connectivity index (χ2v) is 5.76. The number of aryl methyl sites for hydroxylation is 2. The summed E-state index contributed by atoms with van der Waals surface area (Å²) in [4.78, 5) is 20.6. The number of nitrogens with zero attached hydrogens (tertiary/aromatic N) is 2. The highest BCUT2D eigenvalue weighted by Crippen LogP contribution is 2.20. The van der Waals surface area contributed by atoms with Crippen molar-refractivity contribution in [3.63, 3.8) is 0 Å². The number of alkyl halides is 1. The molecule has 0 spiro atoms. The average Bonchev–Trinajstić information content (AvgIpc) is 2.83. The summed E-state index contributed by atoms with van der Waals surface area (Å²) in [6.45, 7) is 0.605. The van der Waals surface area contributed by atoms with Crippen molar-refractivity contribution in [2.24, 2.45) is 7.05 Å². The van der Waals surface area contributed by atoms with Gasteiger partial charge in [-0.05, 0) is 37.5 Å². The van der Waals surface area contributed by atoms with E-state index in [9.17, 15) is 4.79 Å². The molecule has 0 saturated carbocycles. The van der Waals surface area contributed by atoms with Crippen LogP contribution in [0.3, 0.4) is 0 Å². The predicted molar refractivity (Wildman–Crippen MR) is 90.8 cm³/mol. The Bertz CT molecular complexity index is 657. The molecule has 0 radical (unpaired) electrons. The Morgan fingerprint density at radius 1 is 1.39 bits per heavy atom. The molecule has 1 heterocycles. The largest absolute Gasteiger partial charge is 0.481 e. The molecule has 0 unspecified atom stereocenters. The summed E-state index contributed by atoms with van der Waals surface area (Å²) in [5.41, 5.74) is 5.64. The van der Waals surface area contributed by atoms with Crippen LogP contribution in [-0.2, 0) is 23.1 Å². The fraction of sp³-hybridized carbons (Fsp3) is 0.500. The minimum atomic E-state index is -0.776. The molecule has 126 valence electrons. The summed E-state index contributed by atoms with van der Waals surface area (Å²) >= 11 is 5.61. The number of imidazole rings is 1. The minimum absolute atomic E-state index is 0.159. The van der Waals surface area contributed by atoms with Gasteiger partial charge in [-0.15, -0.1) is 11.6 Å². The van der Waals surface area contributed by atoms with Crippen LogP contribution in [0.2, 0.25) is 0 Å². The molecule has 0 amide bonds. The van der Waals surface area contributed by atoms with Gasteiger partial charge in [0.15, 0.2) is 0 Å². The number of halogens is 1. The van der Waals surface area contributed by atoms with Gasteiger partial charge in [0.2, 0.25) is 0 Å². The quantitative estimate of drug-likeness (QED) is 0.394.